The minimum Gasteiger partial charge on any atom is -0.465 e. The van der Waals surface area contributed by atoms with Crippen LogP contribution < -0.4 is 14.7 Å². The van der Waals surface area contributed by atoms with Crippen LogP contribution in [-0.2, 0) is 67.4 Å². The molecule has 0 aliphatic carbocycles. The first-order chi connectivity index (χ1) is 45.8. The van der Waals surface area contributed by atoms with E-state index in [9.17, 15) is 47.2 Å². The topological polar surface area (TPSA) is 201 Å². The van der Waals surface area contributed by atoms with E-state index in [1.54, 1.807) is 36.4 Å². The van der Waals surface area contributed by atoms with Gasteiger partial charge < -0.3 is 28.4 Å². The highest BCUT2D eigenvalue weighted by molar-refractivity contribution is 5.93. The minimum atomic E-state index is -4.66. The maximum Gasteiger partial charge on any atom is 0.416 e. The fraction of sp³-hybridized carbons (Fsp3) is 0.394. The number of fused-ring (bicyclic) bond motifs is 9. The second kappa shape index (κ2) is 28.6. The lowest BCUT2D eigenvalue weighted by molar-refractivity contribution is -0.137. The number of piperidine rings is 9. The van der Waals surface area contributed by atoms with Gasteiger partial charge in [-0.15, -0.1) is 0 Å². The summed E-state index contributed by atoms with van der Waals surface area (Å²) in [4.78, 5) is 91.9. The molecule has 3 unspecified atom stereocenters. The van der Waals surface area contributed by atoms with Gasteiger partial charge in [-0.25, -0.2) is 37.5 Å². The van der Waals surface area contributed by atoms with Crippen molar-refractivity contribution < 1.29 is 79.1 Å². The number of ether oxygens (including phenoxy) is 6. The van der Waals surface area contributed by atoms with Crippen molar-refractivity contribution in [3.05, 3.63) is 195 Å². The Kier molecular flexibility index (Phi) is 19.8. The van der Waals surface area contributed by atoms with Crippen LogP contribution in [0, 0.1) is 40.7 Å². The Morgan fingerprint density at radius 2 is 0.968 bits per heavy atom. The van der Waals surface area contributed by atoms with Crippen molar-refractivity contribution in [2.24, 2.45) is 17.8 Å². The molecule has 9 heterocycles. The number of benzene rings is 6. The van der Waals surface area contributed by atoms with Crippen LogP contribution >= 0.6 is 0 Å². The minimum absolute atomic E-state index is 0.00923. The second-order valence-corrected chi connectivity index (χ2v) is 25.1. The number of carbonyl (C=O) groups is 6. The van der Waals surface area contributed by atoms with E-state index in [1.807, 2.05) is 0 Å². The monoisotopic (exact) mass is 1310 g/mol. The molecule has 6 aromatic rings. The third-order valence-electron chi connectivity index (χ3n) is 19.1. The quantitative estimate of drug-likeness (QED) is 0.0421. The summed E-state index contributed by atoms with van der Waals surface area (Å²) < 4.78 is 107. The average molecular weight is 1310 g/mol. The lowest BCUT2D eigenvalue weighted by Gasteiger charge is -2.44. The predicted molar refractivity (Wildman–Crippen MR) is 335 cm³/mol. The molecule has 0 aromatic heterocycles. The van der Waals surface area contributed by atoms with Gasteiger partial charge in [-0.1, -0.05) is 48.5 Å². The van der Waals surface area contributed by atoms with Crippen LogP contribution in [0.2, 0.25) is 0 Å². The van der Waals surface area contributed by atoms with Gasteiger partial charge in [0, 0.05) is 36.6 Å². The van der Waals surface area contributed by atoms with Gasteiger partial charge in [-0.2, -0.15) is 18.4 Å². The number of hydrogen-bond acceptors (Lipinski definition) is 16. The van der Waals surface area contributed by atoms with Crippen molar-refractivity contribution in [3.63, 3.8) is 0 Å². The number of halogens is 5. The predicted octanol–water partition coefficient (Wildman–Crippen LogP) is 12.1. The van der Waals surface area contributed by atoms with Crippen LogP contribution in [0.4, 0.5) is 53.4 Å². The lowest BCUT2D eigenvalue weighted by Crippen LogP contribution is -2.53. The summed E-state index contributed by atoms with van der Waals surface area (Å²) in [7, 11) is 1.12. The van der Waals surface area contributed by atoms with Gasteiger partial charge in [0.1, 0.15) is 43.2 Å². The van der Waals surface area contributed by atoms with E-state index >= 15 is 8.78 Å². The summed E-state index contributed by atoms with van der Waals surface area (Å²) in [5, 5.41) is 10.5. The number of hydrogen-bond donors (Lipinski definition) is 0. The highest BCUT2D eigenvalue weighted by Gasteiger charge is 2.41. The Hall–Kier alpha value is -9.44. The highest BCUT2D eigenvalue weighted by Crippen LogP contribution is 2.37. The standard InChI is InChI=1S/C71H70F5N7O12/c1-90-67(86)58-17-9-46(31-60(58)73)38-83(70(89)95-64-41-80-29-23-50(64)24-30-80)61-32-47(10-18-59(61)72)42-91-65(84)51-11-5-45(6-12-51)37-82(69(88)94-63-40-79-27-21-49(63)22-28-79)57-16-15-53(54(33-57)35-77)43-92-66(85)52-13-7-44(8-14-52)36-81(56-4-2-3-55(34-56)71(74,75)76)68(87)93-62-39-78-25-19-48(62)20-26-78/h2-18,31-34,48-50,62-64H,19-30,36-43H2,1H3. The molecule has 6 bridgehead atoms. The van der Waals surface area contributed by atoms with Gasteiger partial charge in [-0.3, -0.25) is 29.4 Å². The molecule has 3 amide bonds. The van der Waals surface area contributed by atoms with E-state index in [2.05, 4.69) is 25.5 Å². The van der Waals surface area contributed by atoms with Crippen LogP contribution in [0.5, 0.6) is 0 Å². The van der Waals surface area contributed by atoms with E-state index in [0.29, 0.717) is 47.6 Å². The first-order valence-corrected chi connectivity index (χ1v) is 31.8. The molecular formula is C71H70F5N7O12. The molecule has 15 rings (SSSR count). The Labute approximate surface area is 545 Å². The number of anilines is 3. The zero-order chi connectivity index (χ0) is 66.5. The number of amides is 3. The molecule has 9 aliphatic heterocycles. The first kappa shape index (κ1) is 65.6. The number of rotatable bonds is 19. The number of nitrogens with zero attached hydrogens (tertiary/aromatic N) is 7. The molecular weight excluding hydrogens is 1240 g/mol. The molecule has 3 atom stereocenters. The molecule has 496 valence electrons. The van der Waals surface area contributed by atoms with E-state index in [1.165, 1.54) is 71.6 Å². The Morgan fingerprint density at radius 3 is 1.43 bits per heavy atom. The molecule has 0 saturated carbocycles. The van der Waals surface area contributed by atoms with E-state index in [-0.39, 0.29) is 95.9 Å². The molecule has 24 heteroatoms. The van der Waals surface area contributed by atoms with Crippen LogP contribution in [0.15, 0.2) is 127 Å². The van der Waals surface area contributed by atoms with Gasteiger partial charge in [0.15, 0.2) is 0 Å². The van der Waals surface area contributed by atoms with Crippen molar-refractivity contribution in [2.75, 3.05) is 80.7 Å². The number of nitriles is 1. The molecule has 0 radical (unpaired) electrons. The Bertz CT molecular complexity index is 3880. The van der Waals surface area contributed by atoms with E-state index in [0.717, 1.165) is 119 Å². The molecule has 9 saturated heterocycles. The van der Waals surface area contributed by atoms with Gasteiger partial charge in [0.2, 0.25) is 0 Å². The van der Waals surface area contributed by atoms with Crippen molar-refractivity contribution >= 4 is 53.2 Å². The normalized spacial score (nSPS) is 22.3. The number of alkyl halides is 3. The summed E-state index contributed by atoms with van der Waals surface area (Å²) in [5.74, 6) is -3.64. The van der Waals surface area contributed by atoms with Gasteiger partial charge in [0.25, 0.3) is 0 Å². The average Bonchev–Trinajstić information content (AvgIpc) is 0.904. The van der Waals surface area contributed by atoms with Crippen LogP contribution in [0.25, 0.3) is 0 Å². The number of carbonyl (C=O) groups excluding carboxylic acids is 6. The summed E-state index contributed by atoms with van der Waals surface area (Å²) in [5.41, 5.74) is 1.09. The number of esters is 3. The van der Waals surface area contributed by atoms with Crippen molar-refractivity contribution in [1.82, 2.24) is 14.7 Å². The number of methoxy groups -OCH3 is 1. The molecule has 19 nitrogen and oxygen atoms in total. The van der Waals surface area contributed by atoms with Crippen molar-refractivity contribution in [2.45, 2.75) is 95.9 Å². The fourth-order valence-electron chi connectivity index (χ4n) is 13.6. The van der Waals surface area contributed by atoms with Crippen LogP contribution in [0.3, 0.4) is 0 Å². The summed E-state index contributed by atoms with van der Waals surface area (Å²) in [6.07, 6.45) is -3.09. The Balaban J connectivity index is 0.708. The van der Waals surface area contributed by atoms with Gasteiger partial charge in [-0.05, 0) is 197 Å². The molecule has 95 heavy (non-hydrogen) atoms. The maximum atomic E-state index is 15.9. The third kappa shape index (κ3) is 15.4. The zero-order valence-electron chi connectivity index (χ0n) is 52.1. The zero-order valence-corrected chi connectivity index (χ0v) is 52.1. The van der Waals surface area contributed by atoms with Gasteiger partial charge >= 0.3 is 42.4 Å². The summed E-state index contributed by atoms with van der Waals surface area (Å²) in [6, 6.07) is 31.2. The Morgan fingerprint density at radius 1 is 0.505 bits per heavy atom. The van der Waals surface area contributed by atoms with Crippen LogP contribution in [0.1, 0.15) is 109 Å². The highest BCUT2D eigenvalue weighted by atomic mass is 19.4. The second-order valence-electron chi connectivity index (χ2n) is 25.1. The van der Waals surface area contributed by atoms with E-state index in [4.69, 9.17) is 23.7 Å². The van der Waals surface area contributed by atoms with Crippen LogP contribution in [-0.4, -0.2) is 135 Å². The fourth-order valence-corrected chi connectivity index (χ4v) is 13.6. The molecule has 9 fully saturated rings. The van der Waals surface area contributed by atoms with Gasteiger partial charge in [0.05, 0.1) is 66.3 Å². The largest absolute Gasteiger partial charge is 0.465 e. The molecule has 6 aromatic carbocycles. The molecule has 0 N–H and O–H groups in total. The van der Waals surface area contributed by atoms with E-state index < -0.39 is 71.8 Å². The lowest BCUT2D eigenvalue weighted by atomic mass is 9.86. The van der Waals surface area contributed by atoms with Crippen molar-refractivity contribution in [3.8, 4) is 6.07 Å². The maximum absolute atomic E-state index is 15.9. The SMILES string of the molecule is COC(=O)c1ccc(CN(C(=O)OC2CN3CCC2CC3)c2cc(COC(=O)c3ccc(CN(C(=O)OC4CN5CCC4CC5)c4ccc(COC(=O)c5ccc(CN(C(=O)OC6CN7CCC6CC7)c6cccc(C(F)(F)F)c6)cc5)c(C#N)c4)cc3)ccc2F)cc1F. The third-order valence-corrected chi connectivity index (χ3v) is 19.1. The molecule has 0 spiro atoms. The smallest absolute Gasteiger partial charge is 0.416 e. The summed E-state index contributed by atoms with van der Waals surface area (Å²) >= 11 is 0. The summed E-state index contributed by atoms with van der Waals surface area (Å²) in [6.45, 7) is 5.74. The van der Waals surface area contributed by atoms with Crippen molar-refractivity contribution in [1.29, 1.82) is 5.26 Å². The first-order valence-electron chi connectivity index (χ1n) is 31.8. The molecule has 9 aliphatic rings.